The average Bonchev–Trinajstić information content (AvgIpc) is 2.75. The van der Waals surface area contributed by atoms with Crippen LogP contribution in [0, 0.1) is 0 Å². The van der Waals surface area contributed by atoms with Crippen LogP contribution < -0.4 is 14.9 Å². The van der Waals surface area contributed by atoms with Crippen LogP contribution in [-0.2, 0) is 4.79 Å². The van der Waals surface area contributed by atoms with Crippen LogP contribution in [0.25, 0.3) is 0 Å². The molecule has 0 bridgehead atoms. The molecule has 0 fully saturated rings. The molecule has 6 nitrogen and oxygen atoms in total. The Labute approximate surface area is 190 Å². The standard InChI is InChI=1S/C22H16Br2N2O4/c23-17-6-9-19(10-7-17)29-14-21(27)26-25-13-16-12-18(24)8-11-20(16)30-22(28)15-4-2-1-3-5-15/h1-13H,14H2,(H,26,27)/b25-13+. The largest absolute Gasteiger partial charge is 0.484 e. The minimum absolute atomic E-state index is 0.187. The number of hydrogen-bond acceptors (Lipinski definition) is 5. The molecule has 0 saturated heterocycles. The Morgan fingerprint density at radius 3 is 2.37 bits per heavy atom. The zero-order valence-corrected chi connectivity index (χ0v) is 18.7. The lowest BCUT2D eigenvalue weighted by Gasteiger charge is -2.08. The Kier molecular flexibility index (Phi) is 7.75. The third-order valence-electron chi connectivity index (χ3n) is 3.76. The molecule has 0 unspecified atom stereocenters. The second-order valence-electron chi connectivity index (χ2n) is 5.97. The number of amides is 1. The zero-order chi connectivity index (χ0) is 21.3. The first-order valence-corrected chi connectivity index (χ1v) is 10.4. The number of carbonyl (C=O) groups is 2. The van der Waals surface area contributed by atoms with E-state index in [4.69, 9.17) is 9.47 Å². The topological polar surface area (TPSA) is 77.0 Å². The van der Waals surface area contributed by atoms with Crippen molar-refractivity contribution in [1.29, 1.82) is 0 Å². The molecule has 3 aromatic carbocycles. The maximum Gasteiger partial charge on any atom is 0.343 e. The predicted molar refractivity (Wildman–Crippen MR) is 121 cm³/mol. The molecule has 0 aliphatic rings. The van der Waals surface area contributed by atoms with E-state index >= 15 is 0 Å². The van der Waals surface area contributed by atoms with Gasteiger partial charge in [-0.2, -0.15) is 5.10 Å². The van der Waals surface area contributed by atoms with E-state index in [2.05, 4.69) is 42.4 Å². The van der Waals surface area contributed by atoms with Crippen molar-refractivity contribution >= 4 is 50.0 Å². The minimum atomic E-state index is -0.487. The molecule has 3 aromatic rings. The lowest BCUT2D eigenvalue weighted by molar-refractivity contribution is -0.123. The molecule has 8 heteroatoms. The molecule has 0 radical (unpaired) electrons. The van der Waals surface area contributed by atoms with E-state index in [9.17, 15) is 9.59 Å². The summed E-state index contributed by atoms with van der Waals surface area (Å²) in [5, 5.41) is 3.93. The summed E-state index contributed by atoms with van der Waals surface area (Å²) in [5.74, 6) is -0.0258. The lowest BCUT2D eigenvalue weighted by Crippen LogP contribution is -2.24. The molecular weight excluding hydrogens is 516 g/mol. The summed E-state index contributed by atoms with van der Waals surface area (Å²) in [5.41, 5.74) is 3.33. The maximum atomic E-state index is 12.3. The predicted octanol–water partition coefficient (Wildman–Crippen LogP) is 4.96. The van der Waals surface area contributed by atoms with E-state index in [1.54, 1.807) is 54.6 Å². The number of halogens is 2. The zero-order valence-electron chi connectivity index (χ0n) is 15.5. The van der Waals surface area contributed by atoms with E-state index in [-0.39, 0.29) is 6.61 Å². The maximum absolute atomic E-state index is 12.3. The molecule has 1 N–H and O–H groups in total. The van der Waals surface area contributed by atoms with Crippen molar-refractivity contribution in [3.05, 3.63) is 92.9 Å². The third-order valence-corrected chi connectivity index (χ3v) is 4.78. The van der Waals surface area contributed by atoms with Crippen molar-refractivity contribution < 1.29 is 19.1 Å². The first-order chi connectivity index (χ1) is 14.5. The van der Waals surface area contributed by atoms with Gasteiger partial charge in [0.15, 0.2) is 6.61 Å². The number of nitrogens with zero attached hydrogens (tertiary/aromatic N) is 1. The van der Waals surface area contributed by atoms with Crippen LogP contribution in [-0.4, -0.2) is 24.7 Å². The highest BCUT2D eigenvalue weighted by Gasteiger charge is 2.11. The van der Waals surface area contributed by atoms with Gasteiger partial charge in [-0.25, -0.2) is 10.2 Å². The number of hydrazone groups is 1. The summed E-state index contributed by atoms with van der Waals surface area (Å²) < 4.78 is 12.5. The van der Waals surface area contributed by atoms with Gasteiger partial charge in [-0.3, -0.25) is 4.79 Å². The summed E-state index contributed by atoms with van der Waals surface area (Å²) in [6.45, 7) is -0.187. The highest BCUT2D eigenvalue weighted by molar-refractivity contribution is 9.10. The fourth-order valence-corrected chi connectivity index (χ4v) is 2.98. The number of ether oxygens (including phenoxy) is 2. The van der Waals surface area contributed by atoms with Gasteiger partial charge in [-0.05, 0) is 54.6 Å². The number of esters is 1. The highest BCUT2D eigenvalue weighted by atomic mass is 79.9. The van der Waals surface area contributed by atoms with Crippen LogP contribution in [0.1, 0.15) is 15.9 Å². The minimum Gasteiger partial charge on any atom is -0.484 e. The lowest BCUT2D eigenvalue weighted by atomic mass is 10.2. The molecule has 3 rings (SSSR count). The van der Waals surface area contributed by atoms with E-state index in [1.165, 1.54) is 6.21 Å². The van der Waals surface area contributed by atoms with Crippen LogP contribution in [0.2, 0.25) is 0 Å². The van der Waals surface area contributed by atoms with Crippen LogP contribution in [0.5, 0.6) is 11.5 Å². The molecule has 0 atom stereocenters. The van der Waals surface area contributed by atoms with Gasteiger partial charge in [0.25, 0.3) is 5.91 Å². The van der Waals surface area contributed by atoms with Crippen LogP contribution >= 0.6 is 31.9 Å². The fourth-order valence-electron chi connectivity index (χ4n) is 2.33. The highest BCUT2D eigenvalue weighted by Crippen LogP contribution is 2.23. The van der Waals surface area contributed by atoms with Crippen molar-refractivity contribution in [2.45, 2.75) is 0 Å². The normalized spacial score (nSPS) is 10.6. The van der Waals surface area contributed by atoms with Gasteiger partial charge in [0.05, 0.1) is 11.8 Å². The van der Waals surface area contributed by atoms with Crippen molar-refractivity contribution in [3.63, 3.8) is 0 Å². The number of hydrogen-bond donors (Lipinski definition) is 1. The SMILES string of the molecule is O=C(COc1ccc(Br)cc1)N/N=C/c1cc(Br)ccc1OC(=O)c1ccccc1. The van der Waals surface area contributed by atoms with Gasteiger partial charge in [-0.15, -0.1) is 0 Å². The Morgan fingerprint density at radius 2 is 1.63 bits per heavy atom. The Balaban J connectivity index is 1.60. The monoisotopic (exact) mass is 530 g/mol. The van der Waals surface area contributed by atoms with Crippen LogP contribution in [0.15, 0.2) is 86.8 Å². The number of benzene rings is 3. The van der Waals surface area contributed by atoms with Gasteiger partial charge in [0, 0.05) is 14.5 Å². The van der Waals surface area contributed by atoms with Gasteiger partial charge in [0.1, 0.15) is 11.5 Å². The van der Waals surface area contributed by atoms with E-state index in [0.717, 1.165) is 8.95 Å². The molecule has 0 spiro atoms. The Hall–Kier alpha value is -2.97. The van der Waals surface area contributed by atoms with Gasteiger partial charge in [-0.1, -0.05) is 50.1 Å². The number of carbonyl (C=O) groups excluding carboxylic acids is 2. The molecule has 152 valence electrons. The van der Waals surface area contributed by atoms with Crippen molar-refractivity contribution in [2.75, 3.05) is 6.61 Å². The van der Waals surface area contributed by atoms with Gasteiger partial charge >= 0.3 is 5.97 Å². The van der Waals surface area contributed by atoms with Crippen molar-refractivity contribution in [2.24, 2.45) is 5.10 Å². The van der Waals surface area contributed by atoms with Gasteiger partial charge < -0.3 is 9.47 Å². The smallest absolute Gasteiger partial charge is 0.343 e. The number of rotatable bonds is 7. The summed E-state index contributed by atoms with van der Waals surface area (Å²) >= 11 is 6.70. The summed E-state index contributed by atoms with van der Waals surface area (Å²) in [7, 11) is 0. The first-order valence-electron chi connectivity index (χ1n) is 8.78. The average molecular weight is 532 g/mol. The molecular formula is C22H16Br2N2O4. The molecule has 0 aliphatic carbocycles. The molecule has 1 amide bonds. The fraction of sp³-hybridized carbons (Fsp3) is 0.0455. The van der Waals surface area contributed by atoms with Crippen LogP contribution in [0.4, 0.5) is 0 Å². The first kappa shape index (κ1) is 21.7. The molecule has 0 aliphatic heterocycles. The summed E-state index contributed by atoms with van der Waals surface area (Å²) in [6, 6.07) is 20.9. The molecule has 0 heterocycles. The molecule has 0 saturated carbocycles. The van der Waals surface area contributed by atoms with E-state index in [1.807, 2.05) is 18.2 Å². The Bertz CT molecular complexity index is 1050. The van der Waals surface area contributed by atoms with Gasteiger partial charge in [0.2, 0.25) is 0 Å². The number of nitrogens with one attached hydrogen (secondary N) is 1. The summed E-state index contributed by atoms with van der Waals surface area (Å²) in [4.78, 5) is 24.2. The second-order valence-corrected chi connectivity index (χ2v) is 7.80. The van der Waals surface area contributed by atoms with E-state index in [0.29, 0.717) is 22.6 Å². The summed E-state index contributed by atoms with van der Waals surface area (Å²) in [6.07, 6.45) is 1.40. The second kappa shape index (κ2) is 10.7. The van der Waals surface area contributed by atoms with Crippen LogP contribution in [0.3, 0.4) is 0 Å². The Morgan fingerprint density at radius 1 is 0.933 bits per heavy atom. The quantitative estimate of drug-likeness (QED) is 0.202. The molecule has 30 heavy (non-hydrogen) atoms. The van der Waals surface area contributed by atoms with Crippen molar-refractivity contribution in [1.82, 2.24) is 5.43 Å². The van der Waals surface area contributed by atoms with E-state index < -0.39 is 11.9 Å². The molecule has 0 aromatic heterocycles. The van der Waals surface area contributed by atoms with Crippen molar-refractivity contribution in [3.8, 4) is 11.5 Å². The third kappa shape index (κ3) is 6.53.